The van der Waals surface area contributed by atoms with Crippen LogP contribution in [0.5, 0.6) is 0 Å². The molecular weight excluding hydrogens is 196 g/mol. The van der Waals surface area contributed by atoms with Crippen molar-refractivity contribution in [3.8, 4) is 0 Å². The second-order valence-electron chi connectivity index (χ2n) is 6.03. The molecule has 0 amide bonds. The average Bonchev–Trinajstić information content (AvgIpc) is 2.63. The lowest BCUT2D eigenvalue weighted by molar-refractivity contribution is 0.250. The van der Waals surface area contributed by atoms with Crippen LogP contribution in [0.15, 0.2) is 0 Å². The minimum absolute atomic E-state index is 0.788. The van der Waals surface area contributed by atoms with Gasteiger partial charge in [-0.1, -0.05) is 13.8 Å². The van der Waals surface area contributed by atoms with Crippen LogP contribution in [0.1, 0.15) is 46.0 Å². The molecule has 94 valence electrons. The maximum atomic E-state index is 3.62. The summed E-state index contributed by atoms with van der Waals surface area (Å²) in [6.45, 7) is 9.98. The minimum Gasteiger partial charge on any atom is -0.313 e. The van der Waals surface area contributed by atoms with Gasteiger partial charge in [0.25, 0.3) is 0 Å². The Hall–Kier alpha value is -0.0800. The highest BCUT2D eigenvalue weighted by molar-refractivity contribution is 4.80. The third-order valence-corrected chi connectivity index (χ3v) is 4.45. The van der Waals surface area contributed by atoms with E-state index in [1.807, 2.05) is 0 Å². The van der Waals surface area contributed by atoms with Gasteiger partial charge in [-0.2, -0.15) is 0 Å². The monoisotopic (exact) mass is 224 g/mol. The van der Waals surface area contributed by atoms with Gasteiger partial charge in [0.15, 0.2) is 0 Å². The first-order valence-electron chi connectivity index (χ1n) is 7.21. The Bertz CT molecular complexity index is 197. The molecule has 0 bridgehead atoms. The third-order valence-electron chi connectivity index (χ3n) is 4.45. The van der Waals surface area contributed by atoms with Gasteiger partial charge in [-0.05, 0) is 63.6 Å². The largest absolute Gasteiger partial charge is 0.313 e. The molecule has 0 aromatic rings. The van der Waals surface area contributed by atoms with E-state index in [0.29, 0.717) is 0 Å². The van der Waals surface area contributed by atoms with Crippen molar-refractivity contribution in [2.24, 2.45) is 11.8 Å². The van der Waals surface area contributed by atoms with Gasteiger partial charge in [-0.25, -0.2) is 0 Å². The Morgan fingerprint density at radius 1 is 1.12 bits per heavy atom. The Morgan fingerprint density at radius 2 is 2.00 bits per heavy atom. The van der Waals surface area contributed by atoms with Gasteiger partial charge in [0, 0.05) is 12.6 Å². The molecule has 2 heterocycles. The highest BCUT2D eigenvalue weighted by Crippen LogP contribution is 2.24. The summed E-state index contributed by atoms with van der Waals surface area (Å²) in [6.07, 6.45) is 7.06. The molecule has 0 aliphatic carbocycles. The summed E-state index contributed by atoms with van der Waals surface area (Å²) < 4.78 is 0. The summed E-state index contributed by atoms with van der Waals surface area (Å²) >= 11 is 0. The lowest BCUT2D eigenvalue weighted by Crippen LogP contribution is -2.38. The molecule has 2 heteroatoms. The van der Waals surface area contributed by atoms with E-state index in [2.05, 4.69) is 24.1 Å². The molecule has 1 N–H and O–H groups in total. The highest BCUT2D eigenvalue weighted by Gasteiger charge is 2.22. The van der Waals surface area contributed by atoms with Gasteiger partial charge in [0.1, 0.15) is 0 Å². The van der Waals surface area contributed by atoms with Gasteiger partial charge < -0.3 is 10.2 Å². The molecule has 1 unspecified atom stereocenters. The molecule has 2 nitrogen and oxygen atoms in total. The summed E-state index contributed by atoms with van der Waals surface area (Å²) in [4.78, 5) is 2.70. The van der Waals surface area contributed by atoms with Gasteiger partial charge in [-0.15, -0.1) is 0 Å². The molecule has 2 aliphatic heterocycles. The Balaban J connectivity index is 1.74. The predicted molar refractivity (Wildman–Crippen MR) is 69.6 cm³/mol. The fourth-order valence-electron chi connectivity index (χ4n) is 3.26. The summed E-state index contributed by atoms with van der Waals surface area (Å²) in [5, 5.41) is 3.62. The number of likely N-dealkylation sites (tertiary alicyclic amines) is 1. The SMILES string of the molecule is CC(C)C1CCCN(C[C@H]2CCCN2)CC1. The molecule has 0 aromatic heterocycles. The zero-order valence-corrected chi connectivity index (χ0v) is 11.0. The van der Waals surface area contributed by atoms with Crippen molar-refractivity contribution in [2.75, 3.05) is 26.2 Å². The second kappa shape index (κ2) is 6.02. The van der Waals surface area contributed by atoms with Crippen molar-refractivity contribution in [2.45, 2.75) is 52.0 Å². The molecule has 0 saturated carbocycles. The lowest BCUT2D eigenvalue weighted by Gasteiger charge is -2.24. The summed E-state index contributed by atoms with van der Waals surface area (Å²) in [5.41, 5.74) is 0. The first-order valence-corrected chi connectivity index (χ1v) is 7.21. The Labute approximate surface area is 101 Å². The van der Waals surface area contributed by atoms with Gasteiger partial charge in [0.05, 0.1) is 0 Å². The molecule has 0 aromatic carbocycles. The van der Waals surface area contributed by atoms with Crippen LogP contribution in [-0.2, 0) is 0 Å². The van der Waals surface area contributed by atoms with Crippen LogP contribution in [0.25, 0.3) is 0 Å². The van der Waals surface area contributed by atoms with Crippen LogP contribution in [0.4, 0.5) is 0 Å². The van der Waals surface area contributed by atoms with E-state index in [1.165, 1.54) is 58.3 Å². The fourth-order valence-corrected chi connectivity index (χ4v) is 3.26. The average molecular weight is 224 g/mol. The lowest BCUT2D eigenvalue weighted by atomic mass is 9.89. The van der Waals surface area contributed by atoms with E-state index in [1.54, 1.807) is 0 Å². The molecule has 2 rings (SSSR count). The van der Waals surface area contributed by atoms with Gasteiger partial charge in [0.2, 0.25) is 0 Å². The van der Waals surface area contributed by atoms with E-state index in [-0.39, 0.29) is 0 Å². The van der Waals surface area contributed by atoms with E-state index in [4.69, 9.17) is 0 Å². The van der Waals surface area contributed by atoms with Gasteiger partial charge in [-0.3, -0.25) is 0 Å². The number of nitrogens with zero attached hydrogens (tertiary/aromatic N) is 1. The van der Waals surface area contributed by atoms with Crippen molar-refractivity contribution in [3.05, 3.63) is 0 Å². The zero-order valence-electron chi connectivity index (χ0n) is 11.0. The Morgan fingerprint density at radius 3 is 2.69 bits per heavy atom. The number of hydrogen-bond donors (Lipinski definition) is 1. The minimum atomic E-state index is 0.788. The zero-order chi connectivity index (χ0) is 11.4. The molecule has 16 heavy (non-hydrogen) atoms. The normalized spacial score (nSPS) is 33.2. The molecule has 2 saturated heterocycles. The number of hydrogen-bond acceptors (Lipinski definition) is 2. The van der Waals surface area contributed by atoms with Crippen molar-refractivity contribution in [3.63, 3.8) is 0 Å². The molecule has 2 fully saturated rings. The van der Waals surface area contributed by atoms with E-state index in [9.17, 15) is 0 Å². The van der Waals surface area contributed by atoms with Crippen LogP contribution in [0.3, 0.4) is 0 Å². The van der Waals surface area contributed by atoms with E-state index >= 15 is 0 Å². The number of nitrogens with one attached hydrogen (secondary N) is 1. The molecule has 0 spiro atoms. The quantitative estimate of drug-likeness (QED) is 0.792. The van der Waals surface area contributed by atoms with E-state index in [0.717, 1.165) is 17.9 Å². The van der Waals surface area contributed by atoms with Crippen molar-refractivity contribution < 1.29 is 0 Å². The second-order valence-corrected chi connectivity index (χ2v) is 6.03. The van der Waals surface area contributed by atoms with Crippen molar-refractivity contribution >= 4 is 0 Å². The smallest absolute Gasteiger partial charge is 0.0195 e. The molecule has 2 aliphatic rings. The van der Waals surface area contributed by atoms with Crippen LogP contribution in [0.2, 0.25) is 0 Å². The first kappa shape index (κ1) is 12.4. The van der Waals surface area contributed by atoms with Crippen molar-refractivity contribution in [1.82, 2.24) is 10.2 Å². The predicted octanol–water partition coefficient (Wildman–Crippen LogP) is 2.50. The van der Waals surface area contributed by atoms with Crippen LogP contribution in [0, 0.1) is 11.8 Å². The summed E-state index contributed by atoms with van der Waals surface area (Å²) in [5.74, 6) is 1.85. The van der Waals surface area contributed by atoms with Gasteiger partial charge >= 0.3 is 0 Å². The van der Waals surface area contributed by atoms with E-state index < -0.39 is 0 Å². The molecular formula is C14H28N2. The first-order chi connectivity index (χ1) is 7.75. The van der Waals surface area contributed by atoms with Crippen molar-refractivity contribution in [1.29, 1.82) is 0 Å². The summed E-state index contributed by atoms with van der Waals surface area (Å²) in [6, 6.07) is 0.788. The molecule has 0 radical (unpaired) electrons. The standard InChI is InChI=1S/C14H28N2/c1-12(2)13-5-4-9-16(10-7-13)11-14-6-3-8-15-14/h12-15H,3-11H2,1-2H3/t13?,14-/m1/s1. The Kier molecular flexibility index (Phi) is 4.66. The molecule has 2 atom stereocenters. The van der Waals surface area contributed by atoms with Crippen LogP contribution >= 0.6 is 0 Å². The summed E-state index contributed by atoms with van der Waals surface area (Å²) in [7, 11) is 0. The highest BCUT2D eigenvalue weighted by atomic mass is 15.2. The van der Waals surface area contributed by atoms with Crippen LogP contribution < -0.4 is 5.32 Å². The number of rotatable bonds is 3. The third kappa shape index (κ3) is 3.46. The fraction of sp³-hybridized carbons (Fsp3) is 1.00. The maximum absolute atomic E-state index is 3.62. The van der Waals surface area contributed by atoms with Crippen LogP contribution in [-0.4, -0.2) is 37.1 Å². The maximum Gasteiger partial charge on any atom is 0.0195 e. The topological polar surface area (TPSA) is 15.3 Å².